The second-order valence-corrected chi connectivity index (χ2v) is 7.59. The van der Waals surface area contributed by atoms with Crippen molar-refractivity contribution in [2.75, 3.05) is 13.1 Å². The number of amides is 3. The maximum Gasteiger partial charge on any atom is 0.410 e. The third-order valence-corrected chi connectivity index (χ3v) is 4.28. The minimum atomic E-state index is -3.10. The molecule has 1 aromatic carbocycles. The molecular formula is C18H20F2N2O4. The Labute approximate surface area is 149 Å². The van der Waals surface area contributed by atoms with E-state index < -0.39 is 48.4 Å². The number of rotatable bonds is 2. The molecule has 0 saturated carbocycles. The summed E-state index contributed by atoms with van der Waals surface area (Å²) >= 11 is 0. The third-order valence-electron chi connectivity index (χ3n) is 4.28. The molecule has 0 N–H and O–H groups in total. The van der Waals surface area contributed by atoms with E-state index in [1.54, 1.807) is 32.9 Å². The van der Waals surface area contributed by atoms with Gasteiger partial charge in [-0.15, -0.1) is 0 Å². The van der Waals surface area contributed by atoms with E-state index in [0.29, 0.717) is 0 Å². The van der Waals surface area contributed by atoms with Crippen LogP contribution in [-0.2, 0) is 4.74 Å². The molecule has 1 aromatic rings. The summed E-state index contributed by atoms with van der Waals surface area (Å²) in [6, 6.07) is 5.30. The zero-order valence-corrected chi connectivity index (χ0v) is 14.8. The molecule has 2 aliphatic rings. The van der Waals surface area contributed by atoms with Crippen LogP contribution in [0.4, 0.5) is 13.6 Å². The highest BCUT2D eigenvalue weighted by Gasteiger charge is 2.50. The lowest BCUT2D eigenvalue weighted by molar-refractivity contribution is -0.00260. The number of imide groups is 1. The molecule has 1 atom stereocenters. The summed E-state index contributed by atoms with van der Waals surface area (Å²) in [5.41, 5.74) is -0.355. The molecule has 2 aliphatic heterocycles. The number of carbonyl (C=O) groups is 3. The van der Waals surface area contributed by atoms with Crippen molar-refractivity contribution in [2.24, 2.45) is 0 Å². The number of hydrogen-bond acceptors (Lipinski definition) is 4. The minimum Gasteiger partial charge on any atom is -0.444 e. The van der Waals surface area contributed by atoms with Crippen LogP contribution in [0.3, 0.4) is 0 Å². The Kier molecular flexibility index (Phi) is 4.24. The first-order valence-corrected chi connectivity index (χ1v) is 8.31. The second-order valence-electron chi connectivity index (χ2n) is 7.59. The van der Waals surface area contributed by atoms with E-state index in [9.17, 15) is 23.2 Å². The summed E-state index contributed by atoms with van der Waals surface area (Å²) in [6.45, 7) is 3.83. The van der Waals surface area contributed by atoms with E-state index in [4.69, 9.17) is 4.74 Å². The average Bonchev–Trinajstić information content (AvgIpc) is 2.95. The van der Waals surface area contributed by atoms with Gasteiger partial charge in [-0.2, -0.15) is 0 Å². The van der Waals surface area contributed by atoms with Gasteiger partial charge in [-0.1, -0.05) is 12.1 Å². The van der Waals surface area contributed by atoms with E-state index in [-0.39, 0.29) is 17.7 Å². The van der Waals surface area contributed by atoms with Crippen molar-refractivity contribution >= 4 is 17.9 Å². The fraction of sp³-hybridized carbons (Fsp3) is 0.500. The number of hydrogen-bond donors (Lipinski definition) is 0. The maximum absolute atomic E-state index is 13.9. The summed E-state index contributed by atoms with van der Waals surface area (Å²) in [5.74, 6) is -4.17. The molecule has 0 radical (unpaired) electrons. The third kappa shape index (κ3) is 3.40. The summed E-state index contributed by atoms with van der Waals surface area (Å²) in [5, 5.41) is 0. The monoisotopic (exact) mass is 366 g/mol. The first-order valence-electron chi connectivity index (χ1n) is 8.31. The van der Waals surface area contributed by atoms with Crippen molar-refractivity contribution in [3.63, 3.8) is 0 Å². The standard InChI is InChI=1S/C18H20F2N2O4/c1-17(2,3)26-16(25)22-10-18(19,20)8-11(22)9-21-14(23)12-6-4-5-7-13(12)15(21)24/h4-7,11H,8-10H2,1-3H3/t11-/m0/s1. The lowest BCUT2D eigenvalue weighted by atomic mass is 10.1. The Morgan fingerprint density at radius 3 is 2.23 bits per heavy atom. The Morgan fingerprint density at radius 2 is 1.73 bits per heavy atom. The highest BCUT2D eigenvalue weighted by molar-refractivity contribution is 6.21. The SMILES string of the molecule is CC(C)(C)OC(=O)N1CC(F)(F)C[C@H]1CN1C(=O)c2ccccc2C1=O. The Morgan fingerprint density at radius 1 is 1.19 bits per heavy atom. The van der Waals surface area contributed by atoms with E-state index in [1.165, 1.54) is 12.1 Å². The maximum atomic E-state index is 13.9. The molecule has 140 valence electrons. The molecule has 0 spiro atoms. The highest BCUT2D eigenvalue weighted by atomic mass is 19.3. The summed E-state index contributed by atoms with van der Waals surface area (Å²) < 4.78 is 33.1. The van der Waals surface area contributed by atoms with Crippen molar-refractivity contribution in [3.05, 3.63) is 35.4 Å². The molecule has 26 heavy (non-hydrogen) atoms. The normalized spacial score (nSPS) is 22.0. The molecule has 1 fully saturated rings. The van der Waals surface area contributed by atoms with E-state index >= 15 is 0 Å². The lowest BCUT2D eigenvalue weighted by Gasteiger charge is -2.29. The Hall–Kier alpha value is -2.51. The topological polar surface area (TPSA) is 66.9 Å². The van der Waals surface area contributed by atoms with E-state index in [0.717, 1.165) is 9.80 Å². The van der Waals surface area contributed by atoms with Crippen LogP contribution in [0.2, 0.25) is 0 Å². The van der Waals surface area contributed by atoms with Crippen molar-refractivity contribution < 1.29 is 27.9 Å². The van der Waals surface area contributed by atoms with Crippen LogP contribution in [0.15, 0.2) is 24.3 Å². The van der Waals surface area contributed by atoms with Crippen LogP contribution < -0.4 is 0 Å². The van der Waals surface area contributed by atoms with Gasteiger partial charge in [0.2, 0.25) is 0 Å². The van der Waals surface area contributed by atoms with Gasteiger partial charge in [-0.25, -0.2) is 13.6 Å². The molecule has 6 nitrogen and oxygen atoms in total. The van der Waals surface area contributed by atoms with Crippen LogP contribution >= 0.6 is 0 Å². The second kappa shape index (κ2) is 6.03. The van der Waals surface area contributed by atoms with Gasteiger partial charge < -0.3 is 4.74 Å². The number of nitrogens with zero attached hydrogens (tertiary/aromatic N) is 2. The number of fused-ring (bicyclic) bond motifs is 1. The molecule has 0 aliphatic carbocycles. The molecular weight excluding hydrogens is 346 g/mol. The quantitative estimate of drug-likeness (QED) is 0.755. The molecule has 1 saturated heterocycles. The van der Waals surface area contributed by atoms with Gasteiger partial charge in [0.1, 0.15) is 5.60 Å². The predicted octanol–water partition coefficient (Wildman–Crippen LogP) is 2.93. The minimum absolute atomic E-state index is 0.242. The largest absolute Gasteiger partial charge is 0.444 e. The first-order chi connectivity index (χ1) is 12.0. The van der Waals surface area contributed by atoms with E-state index in [1.807, 2.05) is 0 Å². The van der Waals surface area contributed by atoms with Gasteiger partial charge in [-0.05, 0) is 32.9 Å². The van der Waals surface area contributed by atoms with Crippen LogP contribution in [0.1, 0.15) is 47.9 Å². The molecule has 3 amide bonds. The van der Waals surface area contributed by atoms with Crippen molar-refractivity contribution in [1.29, 1.82) is 0 Å². The Bertz CT molecular complexity index is 738. The molecule has 3 rings (SSSR count). The molecule has 8 heteroatoms. The number of likely N-dealkylation sites (tertiary alicyclic amines) is 1. The molecule has 2 heterocycles. The first kappa shape index (κ1) is 18.3. The van der Waals surface area contributed by atoms with Crippen LogP contribution in [0.25, 0.3) is 0 Å². The van der Waals surface area contributed by atoms with Gasteiger partial charge in [0.15, 0.2) is 0 Å². The number of carbonyl (C=O) groups excluding carboxylic acids is 3. The predicted molar refractivity (Wildman–Crippen MR) is 88.1 cm³/mol. The fourth-order valence-corrected chi connectivity index (χ4v) is 3.21. The smallest absolute Gasteiger partial charge is 0.410 e. The number of alkyl halides is 2. The number of benzene rings is 1. The van der Waals surface area contributed by atoms with Gasteiger partial charge in [0.05, 0.1) is 30.3 Å². The van der Waals surface area contributed by atoms with Crippen molar-refractivity contribution in [2.45, 2.75) is 44.8 Å². The number of ether oxygens (including phenoxy) is 1. The van der Waals surface area contributed by atoms with E-state index in [2.05, 4.69) is 0 Å². The zero-order chi connectivity index (χ0) is 19.3. The summed E-state index contributed by atoms with van der Waals surface area (Å²) in [4.78, 5) is 39.0. The average molecular weight is 366 g/mol. The highest BCUT2D eigenvalue weighted by Crippen LogP contribution is 2.34. The van der Waals surface area contributed by atoms with Crippen molar-refractivity contribution in [1.82, 2.24) is 9.80 Å². The summed E-state index contributed by atoms with van der Waals surface area (Å²) in [7, 11) is 0. The van der Waals surface area contributed by atoms with Gasteiger partial charge in [0, 0.05) is 6.42 Å². The number of halogens is 2. The fourth-order valence-electron chi connectivity index (χ4n) is 3.21. The van der Waals surface area contributed by atoms with Gasteiger partial charge in [-0.3, -0.25) is 19.4 Å². The molecule has 0 bridgehead atoms. The Balaban J connectivity index is 1.80. The van der Waals surface area contributed by atoms with Crippen LogP contribution in [0.5, 0.6) is 0 Å². The molecule has 0 unspecified atom stereocenters. The van der Waals surface area contributed by atoms with Gasteiger partial charge in [0.25, 0.3) is 17.7 Å². The summed E-state index contributed by atoms with van der Waals surface area (Å²) in [6.07, 6.45) is -1.50. The molecule has 0 aromatic heterocycles. The zero-order valence-electron chi connectivity index (χ0n) is 14.8. The van der Waals surface area contributed by atoms with Gasteiger partial charge >= 0.3 is 6.09 Å². The van der Waals surface area contributed by atoms with Crippen molar-refractivity contribution in [3.8, 4) is 0 Å². The lowest BCUT2D eigenvalue weighted by Crippen LogP contribution is -2.46. The van der Waals surface area contributed by atoms with Crippen LogP contribution in [0, 0.1) is 0 Å². The van der Waals surface area contributed by atoms with Crippen LogP contribution in [-0.4, -0.2) is 58.4 Å².